The summed E-state index contributed by atoms with van der Waals surface area (Å²) in [6.07, 6.45) is 26.9. The molecule has 0 spiro atoms. The largest absolute Gasteiger partial charge is 0.455 e. The summed E-state index contributed by atoms with van der Waals surface area (Å²) in [5, 5.41) is 32.0. The van der Waals surface area contributed by atoms with E-state index in [1.807, 2.05) is 13.0 Å². The van der Waals surface area contributed by atoms with Crippen LogP contribution in [0.15, 0.2) is 11.6 Å². The zero-order valence-corrected chi connectivity index (χ0v) is 28.8. The molecular formula is C38H68O7. The van der Waals surface area contributed by atoms with Crippen LogP contribution in [0.25, 0.3) is 0 Å². The maximum atomic E-state index is 11.6. The van der Waals surface area contributed by atoms with Gasteiger partial charge in [0.2, 0.25) is 0 Å². The molecule has 2 saturated heterocycles. The molecule has 0 radical (unpaired) electrons. The Hall–Kier alpha value is -0.990. The van der Waals surface area contributed by atoms with Crippen molar-refractivity contribution < 1.29 is 34.3 Å². The maximum absolute atomic E-state index is 11.6. The highest BCUT2D eigenvalue weighted by Crippen LogP contribution is 2.34. The third kappa shape index (κ3) is 15.2. The number of cyclic esters (lactones) is 1. The number of carbonyl (C=O) groups is 1. The molecule has 0 amide bonds. The van der Waals surface area contributed by atoms with Crippen molar-refractivity contribution in [3.8, 4) is 0 Å². The van der Waals surface area contributed by atoms with Gasteiger partial charge in [-0.1, -0.05) is 103 Å². The van der Waals surface area contributed by atoms with Crippen LogP contribution in [0.5, 0.6) is 0 Å². The Balaban J connectivity index is 1.15. The van der Waals surface area contributed by atoms with E-state index in [1.54, 1.807) is 0 Å². The molecule has 0 unspecified atom stereocenters. The molecule has 3 aliphatic heterocycles. The monoisotopic (exact) mass is 636 g/mol. The predicted octanol–water partition coefficient (Wildman–Crippen LogP) is 8.25. The first-order valence-electron chi connectivity index (χ1n) is 19.1. The second kappa shape index (κ2) is 22.6. The zero-order valence-electron chi connectivity index (χ0n) is 28.8. The molecule has 8 atom stereocenters. The van der Waals surface area contributed by atoms with Gasteiger partial charge >= 0.3 is 5.97 Å². The molecule has 45 heavy (non-hydrogen) atoms. The molecule has 262 valence electrons. The summed E-state index contributed by atoms with van der Waals surface area (Å²) in [5.41, 5.74) is 0.830. The van der Waals surface area contributed by atoms with Crippen LogP contribution in [-0.2, 0) is 19.0 Å². The maximum Gasteiger partial charge on any atom is 0.334 e. The molecule has 0 aromatic carbocycles. The fourth-order valence-electron chi connectivity index (χ4n) is 7.43. The predicted molar refractivity (Wildman–Crippen MR) is 180 cm³/mol. The van der Waals surface area contributed by atoms with Crippen LogP contribution in [0.2, 0.25) is 0 Å². The van der Waals surface area contributed by atoms with E-state index >= 15 is 0 Å². The van der Waals surface area contributed by atoms with Crippen molar-refractivity contribution in [2.75, 3.05) is 0 Å². The number of unbranched alkanes of at least 4 members (excludes halogenated alkanes) is 14. The Labute approximate surface area is 274 Å². The van der Waals surface area contributed by atoms with E-state index in [0.717, 1.165) is 95.5 Å². The Bertz CT molecular complexity index is 816. The van der Waals surface area contributed by atoms with E-state index in [9.17, 15) is 20.1 Å². The first-order valence-corrected chi connectivity index (χ1v) is 19.1. The second-order valence-electron chi connectivity index (χ2n) is 14.4. The van der Waals surface area contributed by atoms with Gasteiger partial charge in [0.1, 0.15) is 6.10 Å². The first-order chi connectivity index (χ1) is 21.9. The summed E-state index contributed by atoms with van der Waals surface area (Å²) >= 11 is 0. The lowest BCUT2D eigenvalue weighted by molar-refractivity contribution is -0.139. The van der Waals surface area contributed by atoms with Crippen molar-refractivity contribution in [2.45, 2.75) is 223 Å². The minimum absolute atomic E-state index is 0.00336. The number of aliphatic hydroxyl groups excluding tert-OH is 3. The van der Waals surface area contributed by atoms with Crippen LogP contribution in [0.4, 0.5) is 0 Å². The minimum Gasteiger partial charge on any atom is -0.455 e. The highest BCUT2D eigenvalue weighted by molar-refractivity contribution is 5.90. The van der Waals surface area contributed by atoms with Crippen molar-refractivity contribution in [3.05, 3.63) is 11.6 Å². The third-order valence-electron chi connectivity index (χ3n) is 10.3. The quantitative estimate of drug-likeness (QED) is 0.0649. The fraction of sp³-hybridized carbons (Fsp3) is 0.921. The van der Waals surface area contributed by atoms with Crippen LogP contribution in [-0.4, -0.2) is 70.1 Å². The normalized spacial score (nSPS) is 27.1. The van der Waals surface area contributed by atoms with Gasteiger partial charge in [-0.3, -0.25) is 0 Å². The molecule has 0 bridgehead atoms. The van der Waals surface area contributed by atoms with Gasteiger partial charge in [0, 0.05) is 5.57 Å². The SMILES string of the molecule is CCCCCCCCCCCC[C@@H](O)[C@H]1CC[C@H]([C@H]2CC[C@H]([C@H](O)CC[C@H](O)CCCCCCCCC3=C[C@H](C)OC3=O)O2)O1. The van der Waals surface area contributed by atoms with Gasteiger partial charge in [0.15, 0.2) is 0 Å². The van der Waals surface area contributed by atoms with Crippen LogP contribution < -0.4 is 0 Å². The van der Waals surface area contributed by atoms with E-state index in [2.05, 4.69) is 6.92 Å². The Morgan fingerprint density at radius 3 is 1.67 bits per heavy atom. The first kappa shape index (κ1) is 38.5. The van der Waals surface area contributed by atoms with Crippen LogP contribution >= 0.6 is 0 Å². The van der Waals surface area contributed by atoms with Crippen molar-refractivity contribution in [1.29, 1.82) is 0 Å². The molecule has 0 saturated carbocycles. The van der Waals surface area contributed by atoms with E-state index in [1.165, 1.54) is 57.8 Å². The fourth-order valence-corrected chi connectivity index (χ4v) is 7.43. The molecule has 7 nitrogen and oxygen atoms in total. The number of hydrogen-bond donors (Lipinski definition) is 3. The highest BCUT2D eigenvalue weighted by Gasteiger charge is 2.40. The average molecular weight is 637 g/mol. The topological polar surface area (TPSA) is 105 Å². The Kier molecular flexibility index (Phi) is 19.3. The lowest BCUT2D eigenvalue weighted by atomic mass is 9.99. The molecule has 3 rings (SSSR count). The zero-order chi connectivity index (χ0) is 32.3. The van der Waals surface area contributed by atoms with Gasteiger partial charge in [0.05, 0.1) is 42.7 Å². The van der Waals surface area contributed by atoms with Gasteiger partial charge in [-0.15, -0.1) is 0 Å². The summed E-state index contributed by atoms with van der Waals surface area (Å²) in [6, 6.07) is 0. The molecule has 2 fully saturated rings. The number of ether oxygens (including phenoxy) is 3. The summed E-state index contributed by atoms with van der Waals surface area (Å²) in [4.78, 5) is 11.6. The van der Waals surface area contributed by atoms with Gasteiger partial charge in [-0.2, -0.15) is 0 Å². The molecule has 3 heterocycles. The van der Waals surface area contributed by atoms with E-state index in [0.29, 0.717) is 12.8 Å². The number of rotatable bonds is 26. The number of carbonyl (C=O) groups excluding carboxylic acids is 1. The van der Waals surface area contributed by atoms with Crippen molar-refractivity contribution >= 4 is 5.97 Å². The molecule has 0 aliphatic carbocycles. The molecule has 3 aliphatic rings. The van der Waals surface area contributed by atoms with Gasteiger partial charge in [-0.25, -0.2) is 4.79 Å². The van der Waals surface area contributed by atoms with Crippen LogP contribution in [0, 0.1) is 0 Å². The molecule has 0 aromatic heterocycles. The minimum atomic E-state index is -0.556. The van der Waals surface area contributed by atoms with Crippen molar-refractivity contribution in [2.24, 2.45) is 0 Å². The molecule has 3 N–H and O–H groups in total. The standard InChI is InChI=1S/C38H68O7/c1-3-4-5-6-7-8-9-10-15-18-21-32(40)34-24-26-36(44-34)37-27-25-35(45-37)33(41)23-22-31(39)20-17-14-12-11-13-16-19-30-28-29(2)43-38(30)42/h28-29,31-37,39-41H,3-27H2,1-2H3/t29-,31+,32+,33+,34+,35+,36+,37+/m0/s1. The van der Waals surface area contributed by atoms with E-state index in [-0.39, 0.29) is 48.7 Å². The van der Waals surface area contributed by atoms with E-state index < -0.39 is 6.10 Å². The van der Waals surface area contributed by atoms with Gasteiger partial charge in [-0.05, 0) is 77.2 Å². The van der Waals surface area contributed by atoms with Gasteiger partial charge in [0.25, 0.3) is 0 Å². The third-order valence-corrected chi connectivity index (χ3v) is 10.3. The number of aliphatic hydroxyl groups is 3. The summed E-state index contributed by atoms with van der Waals surface area (Å²) in [6.45, 7) is 4.16. The lowest BCUT2D eigenvalue weighted by Gasteiger charge is -2.24. The van der Waals surface area contributed by atoms with Crippen molar-refractivity contribution in [3.63, 3.8) is 0 Å². The molecular weight excluding hydrogens is 568 g/mol. The van der Waals surface area contributed by atoms with Crippen molar-refractivity contribution in [1.82, 2.24) is 0 Å². The number of hydrogen-bond acceptors (Lipinski definition) is 7. The summed E-state index contributed by atoms with van der Waals surface area (Å²) in [5.74, 6) is -0.150. The summed E-state index contributed by atoms with van der Waals surface area (Å²) in [7, 11) is 0. The smallest absolute Gasteiger partial charge is 0.334 e. The molecule has 0 aromatic rings. The van der Waals surface area contributed by atoms with Crippen LogP contribution in [0.3, 0.4) is 0 Å². The van der Waals surface area contributed by atoms with Crippen LogP contribution in [0.1, 0.15) is 174 Å². The highest BCUT2D eigenvalue weighted by atomic mass is 16.6. The second-order valence-corrected chi connectivity index (χ2v) is 14.4. The molecule has 7 heteroatoms. The Morgan fingerprint density at radius 1 is 0.644 bits per heavy atom. The Morgan fingerprint density at radius 2 is 1.13 bits per heavy atom. The summed E-state index contributed by atoms with van der Waals surface area (Å²) < 4.78 is 17.7. The van der Waals surface area contributed by atoms with Gasteiger partial charge < -0.3 is 29.5 Å². The van der Waals surface area contributed by atoms with E-state index in [4.69, 9.17) is 14.2 Å². The average Bonchev–Trinajstić information content (AvgIpc) is 3.78. The number of esters is 1. The lowest BCUT2D eigenvalue weighted by Crippen LogP contribution is -2.33.